The molecule has 2 aromatic carbocycles. The summed E-state index contributed by atoms with van der Waals surface area (Å²) in [6.45, 7) is 2.50. The van der Waals surface area contributed by atoms with Gasteiger partial charge in [-0.2, -0.15) is 0 Å². The molecule has 0 amide bonds. The van der Waals surface area contributed by atoms with Crippen LogP contribution in [0.4, 0.5) is 0 Å². The number of hydrogen-bond acceptors (Lipinski definition) is 4. The van der Waals surface area contributed by atoms with Gasteiger partial charge in [-0.05, 0) is 30.7 Å². The predicted molar refractivity (Wildman–Crippen MR) is 98.9 cm³/mol. The Morgan fingerprint density at radius 3 is 2.73 bits per heavy atom. The summed E-state index contributed by atoms with van der Waals surface area (Å²) in [5, 5.41) is 11.5. The average molecular weight is 349 g/mol. The highest BCUT2D eigenvalue weighted by Crippen LogP contribution is 2.34. The molecule has 132 valence electrons. The summed E-state index contributed by atoms with van der Waals surface area (Å²) >= 11 is 0. The Hall–Kier alpha value is -3.21. The summed E-state index contributed by atoms with van der Waals surface area (Å²) in [7, 11) is 0. The normalized spacial score (nSPS) is 13.1. The van der Waals surface area contributed by atoms with Crippen LogP contribution in [0.25, 0.3) is 16.8 Å². The molecule has 0 fully saturated rings. The van der Waals surface area contributed by atoms with Crippen LogP contribution in [0.2, 0.25) is 0 Å². The quantitative estimate of drug-likeness (QED) is 0.706. The Bertz CT molecular complexity index is 1000. The Morgan fingerprint density at radius 1 is 1.15 bits per heavy atom. The van der Waals surface area contributed by atoms with Gasteiger partial charge in [0.05, 0.1) is 12.1 Å². The number of aromatic nitrogens is 1. The first-order valence-electron chi connectivity index (χ1n) is 8.58. The van der Waals surface area contributed by atoms with Crippen LogP contribution in [-0.4, -0.2) is 22.2 Å². The number of fused-ring (bicyclic) bond motifs is 3. The number of esters is 1. The van der Waals surface area contributed by atoms with E-state index >= 15 is 0 Å². The molecule has 0 unspecified atom stereocenters. The van der Waals surface area contributed by atoms with Crippen LogP contribution in [0, 0.1) is 0 Å². The van der Waals surface area contributed by atoms with Crippen molar-refractivity contribution in [3.63, 3.8) is 0 Å². The van der Waals surface area contributed by atoms with Crippen molar-refractivity contribution in [1.29, 1.82) is 0 Å². The third kappa shape index (κ3) is 2.81. The van der Waals surface area contributed by atoms with Gasteiger partial charge >= 0.3 is 5.97 Å². The van der Waals surface area contributed by atoms with Crippen LogP contribution < -0.4 is 4.74 Å². The van der Waals surface area contributed by atoms with Crippen molar-refractivity contribution >= 4 is 22.8 Å². The van der Waals surface area contributed by atoms with Gasteiger partial charge in [-0.25, -0.2) is 4.79 Å². The highest BCUT2D eigenvalue weighted by atomic mass is 16.5. The van der Waals surface area contributed by atoms with Crippen molar-refractivity contribution in [2.75, 3.05) is 6.61 Å². The molecular weight excluding hydrogens is 330 g/mol. The Kier molecular flexibility index (Phi) is 4.13. The summed E-state index contributed by atoms with van der Waals surface area (Å²) in [6, 6.07) is 17.7. The number of carbonyl (C=O) groups excluding carboxylic acids is 1. The fourth-order valence-electron chi connectivity index (χ4n) is 3.23. The van der Waals surface area contributed by atoms with Crippen molar-refractivity contribution in [3.05, 3.63) is 71.4 Å². The number of nitrogens with zero attached hydrogens (tertiary/aromatic N) is 1. The molecule has 1 aromatic heterocycles. The number of ether oxygens (including phenoxy) is 2. The van der Waals surface area contributed by atoms with Crippen LogP contribution in [0.3, 0.4) is 0 Å². The van der Waals surface area contributed by atoms with E-state index in [1.54, 1.807) is 11.5 Å². The highest BCUT2D eigenvalue weighted by molar-refractivity contribution is 5.98. The van der Waals surface area contributed by atoms with Crippen molar-refractivity contribution in [2.45, 2.75) is 20.0 Å². The third-order valence-corrected chi connectivity index (χ3v) is 4.46. The van der Waals surface area contributed by atoms with Crippen molar-refractivity contribution in [3.8, 4) is 5.75 Å². The SMILES string of the molecule is CCOC(=O)C1=C(O)n2c(cc3ccc(OCc4ccccc4)cc32)C1. The maximum atomic E-state index is 12.0. The second-order valence-electron chi connectivity index (χ2n) is 6.17. The van der Waals surface area contributed by atoms with Crippen LogP contribution in [-0.2, 0) is 22.6 Å². The molecule has 3 aromatic rings. The number of benzene rings is 2. The van der Waals surface area contributed by atoms with E-state index in [1.807, 2.05) is 54.6 Å². The molecule has 1 aliphatic rings. The highest BCUT2D eigenvalue weighted by Gasteiger charge is 2.29. The molecule has 0 aliphatic carbocycles. The van der Waals surface area contributed by atoms with Gasteiger partial charge in [-0.3, -0.25) is 4.57 Å². The molecule has 0 atom stereocenters. The number of rotatable bonds is 5. The summed E-state index contributed by atoms with van der Waals surface area (Å²) in [6.07, 6.45) is 0.361. The minimum absolute atomic E-state index is 0.0614. The fraction of sp³-hybridized carbons (Fsp3) is 0.190. The molecule has 5 heteroatoms. The second kappa shape index (κ2) is 6.59. The standard InChI is InChI=1S/C21H19NO4/c1-2-25-21(24)18-11-16-10-15-8-9-17(12-19(15)22(16)20(18)23)26-13-14-6-4-3-5-7-14/h3-10,12,23H,2,11,13H2,1H3. The summed E-state index contributed by atoms with van der Waals surface area (Å²) in [5.74, 6) is 0.173. The van der Waals surface area contributed by atoms with E-state index in [0.29, 0.717) is 24.4 Å². The molecule has 4 rings (SSSR count). The van der Waals surface area contributed by atoms with Gasteiger partial charge in [0, 0.05) is 23.6 Å². The van der Waals surface area contributed by atoms with Crippen molar-refractivity contribution in [1.82, 2.24) is 4.57 Å². The Morgan fingerprint density at radius 2 is 1.96 bits per heavy atom. The van der Waals surface area contributed by atoms with Crippen LogP contribution in [0.1, 0.15) is 18.2 Å². The number of carbonyl (C=O) groups is 1. The van der Waals surface area contributed by atoms with Crippen LogP contribution >= 0.6 is 0 Å². The lowest BCUT2D eigenvalue weighted by molar-refractivity contribution is -0.138. The molecule has 1 aliphatic heterocycles. The van der Waals surface area contributed by atoms with Gasteiger partial charge < -0.3 is 14.6 Å². The predicted octanol–water partition coefficient (Wildman–Crippen LogP) is 4.07. The molecule has 0 spiro atoms. The smallest absolute Gasteiger partial charge is 0.339 e. The first-order chi connectivity index (χ1) is 12.7. The zero-order chi connectivity index (χ0) is 18.1. The lowest BCUT2D eigenvalue weighted by atomic mass is 10.1. The molecule has 2 heterocycles. The molecule has 0 bridgehead atoms. The lowest BCUT2D eigenvalue weighted by Crippen LogP contribution is -2.09. The number of aliphatic hydroxyl groups is 1. The van der Waals surface area contributed by atoms with Crippen molar-refractivity contribution in [2.24, 2.45) is 0 Å². The van der Waals surface area contributed by atoms with E-state index in [9.17, 15) is 9.90 Å². The summed E-state index contributed by atoms with van der Waals surface area (Å²) in [5.41, 5.74) is 3.04. The fourth-order valence-corrected chi connectivity index (χ4v) is 3.23. The lowest BCUT2D eigenvalue weighted by Gasteiger charge is -2.08. The van der Waals surface area contributed by atoms with Crippen LogP contribution in [0.5, 0.6) is 5.75 Å². The van der Waals surface area contributed by atoms with E-state index in [4.69, 9.17) is 9.47 Å². The zero-order valence-corrected chi connectivity index (χ0v) is 14.4. The van der Waals surface area contributed by atoms with E-state index in [0.717, 1.165) is 22.2 Å². The topological polar surface area (TPSA) is 60.7 Å². The minimum Gasteiger partial charge on any atom is -0.494 e. The second-order valence-corrected chi connectivity index (χ2v) is 6.17. The molecule has 0 radical (unpaired) electrons. The van der Waals surface area contributed by atoms with Gasteiger partial charge in [-0.15, -0.1) is 0 Å². The van der Waals surface area contributed by atoms with E-state index in [2.05, 4.69) is 0 Å². The monoisotopic (exact) mass is 349 g/mol. The molecule has 26 heavy (non-hydrogen) atoms. The number of hydrogen-bond donors (Lipinski definition) is 1. The number of aliphatic hydroxyl groups excluding tert-OH is 1. The largest absolute Gasteiger partial charge is 0.494 e. The molecule has 0 saturated carbocycles. The molecule has 0 saturated heterocycles. The minimum atomic E-state index is -0.474. The maximum Gasteiger partial charge on any atom is 0.339 e. The molecular formula is C21H19NO4. The van der Waals surface area contributed by atoms with E-state index in [1.165, 1.54) is 0 Å². The Balaban J connectivity index is 1.64. The van der Waals surface area contributed by atoms with Gasteiger partial charge in [0.25, 0.3) is 0 Å². The molecule has 5 nitrogen and oxygen atoms in total. The first-order valence-corrected chi connectivity index (χ1v) is 8.58. The van der Waals surface area contributed by atoms with Gasteiger partial charge in [-0.1, -0.05) is 30.3 Å². The van der Waals surface area contributed by atoms with Crippen LogP contribution in [0.15, 0.2) is 60.2 Å². The summed E-state index contributed by atoms with van der Waals surface area (Å²) in [4.78, 5) is 12.0. The Labute approximate surface area is 151 Å². The summed E-state index contributed by atoms with van der Waals surface area (Å²) < 4.78 is 12.6. The van der Waals surface area contributed by atoms with E-state index < -0.39 is 5.97 Å². The average Bonchev–Trinajstić information content (AvgIpc) is 3.17. The van der Waals surface area contributed by atoms with Crippen molar-refractivity contribution < 1.29 is 19.4 Å². The van der Waals surface area contributed by atoms with E-state index in [-0.39, 0.29) is 12.5 Å². The first kappa shape index (κ1) is 16.3. The maximum absolute atomic E-state index is 12.0. The molecule has 1 N–H and O–H groups in total. The van der Waals surface area contributed by atoms with Gasteiger partial charge in [0.2, 0.25) is 5.88 Å². The van der Waals surface area contributed by atoms with Gasteiger partial charge in [0.1, 0.15) is 17.9 Å². The third-order valence-electron chi connectivity index (χ3n) is 4.46. The van der Waals surface area contributed by atoms with Gasteiger partial charge in [0.15, 0.2) is 0 Å². The zero-order valence-electron chi connectivity index (χ0n) is 14.4.